The highest BCUT2D eigenvalue weighted by Gasteiger charge is 2.15. The molecule has 0 saturated carbocycles. The van der Waals surface area contributed by atoms with Crippen molar-refractivity contribution in [2.24, 2.45) is 12.8 Å². The Bertz CT molecular complexity index is 1930. The molecule has 0 radical (unpaired) electrons. The maximum absolute atomic E-state index is 13.2. The van der Waals surface area contributed by atoms with Crippen molar-refractivity contribution < 1.29 is 4.79 Å². The zero-order valence-corrected chi connectivity index (χ0v) is 21.2. The summed E-state index contributed by atoms with van der Waals surface area (Å²) in [5.74, 6) is 6.30. The number of nitrogens with two attached hydrogens (primary N) is 2. The predicted molar refractivity (Wildman–Crippen MR) is 145 cm³/mol. The largest absolute Gasteiger partial charge is 0.382 e. The molecule has 4 N–H and O–H groups in total. The number of carbonyl (C=O) groups is 1. The number of imidazole rings is 1. The Kier molecular flexibility index (Phi) is 6.63. The van der Waals surface area contributed by atoms with Gasteiger partial charge < -0.3 is 11.5 Å². The molecule has 6 rings (SSSR count). The number of amides is 1. The molecule has 0 saturated heterocycles. The normalized spacial score (nSPS) is 10.6. The lowest BCUT2D eigenvalue weighted by Crippen LogP contribution is -2.26. The molecular weight excluding hydrogens is 496 g/mol. The fraction of sp³-hybridized carbons (Fsp3) is 0.111. The number of nitrogen functional groups attached to an aromatic ring is 1. The number of aromatic nitrogens is 8. The van der Waals surface area contributed by atoms with Gasteiger partial charge in [0.1, 0.15) is 11.3 Å². The van der Waals surface area contributed by atoms with Gasteiger partial charge in [0, 0.05) is 32.1 Å². The summed E-state index contributed by atoms with van der Waals surface area (Å²) in [6, 6.07) is 14.8. The number of para-hydroxylation sites is 1. The van der Waals surface area contributed by atoms with Crippen molar-refractivity contribution in [1.29, 1.82) is 0 Å². The Morgan fingerprint density at radius 1 is 1.05 bits per heavy atom. The second kappa shape index (κ2) is 10.3. The van der Waals surface area contributed by atoms with Crippen molar-refractivity contribution in [2.45, 2.75) is 13.3 Å². The Labute approximate surface area is 222 Å². The van der Waals surface area contributed by atoms with E-state index >= 15 is 0 Å². The first-order chi connectivity index (χ1) is 18.9. The molecule has 0 aliphatic carbocycles. The molecule has 39 heavy (non-hydrogen) atoms. The molecule has 6 aromatic rings. The highest BCUT2D eigenvalue weighted by Crippen LogP contribution is 2.13. The minimum atomic E-state index is -0.635. The molecule has 0 fully saturated rings. The van der Waals surface area contributed by atoms with E-state index in [1.165, 1.54) is 10.7 Å². The van der Waals surface area contributed by atoms with E-state index in [2.05, 4.69) is 32.1 Å². The van der Waals surface area contributed by atoms with Crippen molar-refractivity contribution in [3.05, 3.63) is 106 Å². The fourth-order valence-corrected chi connectivity index (χ4v) is 4.05. The average Bonchev–Trinajstić information content (AvgIpc) is 3.63. The van der Waals surface area contributed by atoms with Gasteiger partial charge in [0.25, 0.3) is 11.5 Å². The number of hydrogen-bond acceptors (Lipinski definition) is 7. The second-order valence-electron chi connectivity index (χ2n) is 8.42. The van der Waals surface area contributed by atoms with Gasteiger partial charge in [-0.25, -0.2) is 14.0 Å². The third kappa shape index (κ3) is 4.84. The van der Waals surface area contributed by atoms with E-state index in [-0.39, 0.29) is 17.1 Å². The molecule has 0 bridgehead atoms. The number of carbonyl (C=O) groups excluding carboxylic acids is 1. The molecule has 5 aromatic heterocycles. The summed E-state index contributed by atoms with van der Waals surface area (Å²) in [5.41, 5.74) is 13.8. The highest BCUT2D eigenvalue weighted by molar-refractivity contribution is 5.96. The standard InChI is InChI=1S/C20H17N5O.C7H7N5O/c1-3-18-22-24-12-11-16(10-9-15-13-21-23(2)14-15)19(24)20(26)25(18)17-7-5-4-6-8-17;8-6-5(7(9)13)12-4(11-6)2-1-3-10-12/h4-8,11-14H,3H2,1-2H3;1-3H,8H2,(H2,9,13). The fourth-order valence-electron chi connectivity index (χ4n) is 4.05. The van der Waals surface area contributed by atoms with Crippen LogP contribution in [-0.4, -0.2) is 44.5 Å². The number of aryl methyl sites for hydroxylation is 2. The van der Waals surface area contributed by atoms with Crippen LogP contribution in [0.1, 0.15) is 34.4 Å². The lowest BCUT2D eigenvalue weighted by molar-refractivity contribution is 0.0994. The summed E-state index contributed by atoms with van der Waals surface area (Å²) in [6.45, 7) is 1.99. The molecule has 1 aromatic carbocycles. The van der Waals surface area contributed by atoms with E-state index in [1.807, 2.05) is 56.6 Å². The van der Waals surface area contributed by atoms with Gasteiger partial charge in [0.15, 0.2) is 17.2 Å². The number of fused-ring (bicyclic) bond motifs is 2. The molecule has 0 unspecified atom stereocenters. The van der Waals surface area contributed by atoms with Crippen molar-refractivity contribution in [2.75, 3.05) is 5.73 Å². The summed E-state index contributed by atoms with van der Waals surface area (Å²) >= 11 is 0. The summed E-state index contributed by atoms with van der Waals surface area (Å²) < 4.78 is 6.29. The number of benzene rings is 1. The van der Waals surface area contributed by atoms with Crippen LogP contribution in [0, 0.1) is 11.8 Å². The molecule has 194 valence electrons. The Balaban J connectivity index is 0.000000198. The van der Waals surface area contributed by atoms with Gasteiger partial charge in [-0.05, 0) is 30.3 Å². The van der Waals surface area contributed by atoms with E-state index < -0.39 is 5.91 Å². The summed E-state index contributed by atoms with van der Waals surface area (Å²) in [6.07, 6.45) is 7.48. The van der Waals surface area contributed by atoms with Crippen LogP contribution in [0.15, 0.2) is 78.1 Å². The van der Waals surface area contributed by atoms with Crippen molar-refractivity contribution in [1.82, 2.24) is 38.6 Å². The van der Waals surface area contributed by atoms with Gasteiger partial charge in [0.2, 0.25) is 0 Å². The molecule has 12 nitrogen and oxygen atoms in total. The van der Waals surface area contributed by atoms with E-state index in [4.69, 9.17) is 11.5 Å². The van der Waals surface area contributed by atoms with Crippen molar-refractivity contribution in [3.63, 3.8) is 0 Å². The molecule has 1 amide bonds. The quantitative estimate of drug-likeness (QED) is 0.336. The van der Waals surface area contributed by atoms with Crippen LogP contribution in [0.3, 0.4) is 0 Å². The summed E-state index contributed by atoms with van der Waals surface area (Å²) in [7, 11) is 1.84. The zero-order chi connectivity index (χ0) is 27.5. The topological polar surface area (TPSA) is 156 Å². The van der Waals surface area contributed by atoms with Crippen LogP contribution in [0.25, 0.3) is 16.9 Å². The van der Waals surface area contributed by atoms with E-state index in [0.29, 0.717) is 29.0 Å². The first kappa shape index (κ1) is 25.0. The third-order valence-electron chi connectivity index (χ3n) is 5.78. The molecule has 0 aliphatic heterocycles. The zero-order valence-electron chi connectivity index (χ0n) is 21.2. The Hall–Kier alpha value is -5.70. The van der Waals surface area contributed by atoms with Gasteiger partial charge in [-0.1, -0.05) is 37.0 Å². The first-order valence-electron chi connectivity index (χ1n) is 12.0. The lowest BCUT2D eigenvalue weighted by atomic mass is 10.2. The average molecular weight is 521 g/mol. The molecule has 12 heteroatoms. The minimum Gasteiger partial charge on any atom is -0.382 e. The molecule has 0 atom stereocenters. The molecule has 0 spiro atoms. The maximum atomic E-state index is 13.2. The second-order valence-corrected chi connectivity index (χ2v) is 8.42. The van der Waals surface area contributed by atoms with Gasteiger partial charge in [-0.15, -0.1) is 0 Å². The minimum absolute atomic E-state index is 0.103. The van der Waals surface area contributed by atoms with Crippen LogP contribution in [0.5, 0.6) is 0 Å². The van der Waals surface area contributed by atoms with E-state index in [1.54, 1.807) is 38.3 Å². The third-order valence-corrected chi connectivity index (χ3v) is 5.78. The predicted octanol–water partition coefficient (Wildman–Crippen LogP) is 1.59. The Morgan fingerprint density at radius 2 is 1.85 bits per heavy atom. The summed E-state index contributed by atoms with van der Waals surface area (Å²) in [4.78, 5) is 28.1. The van der Waals surface area contributed by atoms with Crippen molar-refractivity contribution >= 4 is 22.9 Å². The molecule has 5 heterocycles. The summed E-state index contributed by atoms with van der Waals surface area (Å²) in [5, 5.41) is 12.6. The number of rotatable bonds is 3. The SMILES string of the molecule is CCc1nn2ccc(C#Cc3cnn(C)c3)c2c(=O)n1-c1ccccc1.NC(=O)c1c(N)nc2cccnn12. The van der Waals surface area contributed by atoms with Crippen LogP contribution in [-0.2, 0) is 13.5 Å². The number of hydrogen-bond donors (Lipinski definition) is 2. The smallest absolute Gasteiger partial charge is 0.283 e. The Morgan fingerprint density at radius 3 is 2.54 bits per heavy atom. The van der Waals surface area contributed by atoms with Crippen molar-refractivity contribution in [3.8, 4) is 17.5 Å². The van der Waals surface area contributed by atoms with Crippen LogP contribution >= 0.6 is 0 Å². The van der Waals surface area contributed by atoms with Crippen LogP contribution in [0.2, 0.25) is 0 Å². The van der Waals surface area contributed by atoms with Gasteiger partial charge >= 0.3 is 0 Å². The first-order valence-corrected chi connectivity index (χ1v) is 12.0. The number of primary amides is 1. The maximum Gasteiger partial charge on any atom is 0.283 e. The number of nitrogens with zero attached hydrogens (tertiary/aromatic N) is 8. The highest BCUT2D eigenvalue weighted by atomic mass is 16.1. The monoisotopic (exact) mass is 520 g/mol. The molecular formula is C27H24N10O2. The lowest BCUT2D eigenvalue weighted by Gasteiger charge is -2.11. The van der Waals surface area contributed by atoms with Gasteiger partial charge in [-0.3, -0.25) is 18.8 Å². The molecule has 0 aliphatic rings. The van der Waals surface area contributed by atoms with Gasteiger partial charge in [-0.2, -0.15) is 15.3 Å². The van der Waals surface area contributed by atoms with E-state index in [0.717, 1.165) is 11.3 Å². The number of anilines is 1. The van der Waals surface area contributed by atoms with Crippen LogP contribution in [0.4, 0.5) is 5.82 Å². The van der Waals surface area contributed by atoms with Gasteiger partial charge in [0.05, 0.1) is 23.0 Å². The van der Waals surface area contributed by atoms with Crippen LogP contribution < -0.4 is 17.0 Å². The van der Waals surface area contributed by atoms with E-state index in [9.17, 15) is 9.59 Å².